The van der Waals surface area contributed by atoms with Gasteiger partial charge in [-0.05, 0) is 34.1 Å². The summed E-state index contributed by atoms with van der Waals surface area (Å²) in [5, 5.41) is 11.3. The lowest BCUT2D eigenvalue weighted by molar-refractivity contribution is 0.0696. The predicted octanol–water partition coefficient (Wildman–Crippen LogP) is 3.62. The Kier molecular flexibility index (Phi) is 4.33. The smallest absolute Gasteiger partial charge is 0.365 e. The number of halogens is 2. The number of thiazole rings is 1. The van der Waals surface area contributed by atoms with Crippen molar-refractivity contribution in [1.29, 1.82) is 0 Å². The molecule has 0 bridgehead atoms. The molecule has 0 fully saturated rings. The molecule has 1 amide bonds. The number of hydrogen-bond acceptors (Lipinski definition) is 4. The Labute approximate surface area is 128 Å². The predicted molar refractivity (Wildman–Crippen MR) is 78.9 cm³/mol. The third-order valence-corrected chi connectivity index (χ3v) is 4.26. The molecule has 98 valence electrons. The minimum atomic E-state index is -1.15. The fraction of sp³-hybridized carbons (Fsp3) is 0. The number of anilines is 1. The quantitative estimate of drug-likeness (QED) is 0.817. The fourth-order valence-corrected chi connectivity index (χ4v) is 2.61. The SMILES string of the molecule is O=C(Nc1cc(Br)ccc1Br)c1cnc(C(=O)O)s1. The van der Waals surface area contributed by atoms with Gasteiger partial charge in [-0.2, -0.15) is 0 Å². The molecule has 19 heavy (non-hydrogen) atoms. The standard InChI is InChI=1S/C11H6Br2N2O3S/c12-5-1-2-6(13)7(3-5)15-9(16)8-4-14-10(19-8)11(17)18/h1-4H,(H,15,16)(H,17,18). The maximum absolute atomic E-state index is 11.9. The number of aromatic carboxylic acids is 1. The van der Waals surface area contributed by atoms with Gasteiger partial charge in [-0.3, -0.25) is 4.79 Å². The van der Waals surface area contributed by atoms with Crippen LogP contribution in [0.15, 0.2) is 33.3 Å². The van der Waals surface area contributed by atoms with Gasteiger partial charge in [-0.15, -0.1) is 11.3 Å². The minimum Gasteiger partial charge on any atom is -0.476 e. The molecule has 1 aromatic carbocycles. The number of benzene rings is 1. The largest absolute Gasteiger partial charge is 0.476 e. The molecule has 0 aliphatic carbocycles. The van der Waals surface area contributed by atoms with Crippen molar-refractivity contribution in [3.05, 3.63) is 43.2 Å². The summed E-state index contributed by atoms with van der Waals surface area (Å²) in [6, 6.07) is 5.35. The van der Waals surface area contributed by atoms with E-state index < -0.39 is 11.9 Å². The third-order valence-electron chi connectivity index (χ3n) is 2.09. The highest BCUT2D eigenvalue weighted by atomic mass is 79.9. The van der Waals surface area contributed by atoms with Gasteiger partial charge in [0.1, 0.15) is 4.88 Å². The molecule has 2 rings (SSSR count). The van der Waals surface area contributed by atoms with Crippen molar-refractivity contribution >= 4 is 60.8 Å². The lowest BCUT2D eigenvalue weighted by Crippen LogP contribution is -2.10. The molecule has 0 spiro atoms. The normalized spacial score (nSPS) is 10.2. The lowest BCUT2D eigenvalue weighted by Gasteiger charge is -2.06. The average Bonchev–Trinajstić information content (AvgIpc) is 2.83. The lowest BCUT2D eigenvalue weighted by atomic mass is 10.3. The van der Waals surface area contributed by atoms with E-state index in [1.54, 1.807) is 12.1 Å². The van der Waals surface area contributed by atoms with E-state index in [0.29, 0.717) is 5.69 Å². The number of rotatable bonds is 3. The summed E-state index contributed by atoms with van der Waals surface area (Å²) in [6.07, 6.45) is 1.25. The first-order chi connectivity index (χ1) is 8.97. The van der Waals surface area contributed by atoms with E-state index >= 15 is 0 Å². The summed E-state index contributed by atoms with van der Waals surface area (Å²) in [6.45, 7) is 0. The molecule has 1 heterocycles. The molecule has 5 nitrogen and oxygen atoms in total. The Balaban J connectivity index is 2.20. The highest BCUT2D eigenvalue weighted by Crippen LogP contribution is 2.27. The molecule has 0 radical (unpaired) electrons. The first-order valence-electron chi connectivity index (χ1n) is 4.93. The minimum absolute atomic E-state index is 0.113. The Hall–Kier alpha value is -1.25. The van der Waals surface area contributed by atoms with Crippen LogP contribution in [0, 0.1) is 0 Å². The second-order valence-corrected chi connectivity index (χ2v) is 6.21. The molecule has 0 unspecified atom stereocenters. The summed E-state index contributed by atoms with van der Waals surface area (Å²) in [4.78, 5) is 26.5. The Morgan fingerprint density at radius 1 is 1.32 bits per heavy atom. The van der Waals surface area contributed by atoms with E-state index in [-0.39, 0.29) is 9.88 Å². The summed E-state index contributed by atoms with van der Waals surface area (Å²) in [7, 11) is 0. The molecule has 0 saturated carbocycles. The van der Waals surface area contributed by atoms with Crippen molar-refractivity contribution in [2.24, 2.45) is 0 Å². The zero-order chi connectivity index (χ0) is 14.0. The van der Waals surface area contributed by atoms with Crippen molar-refractivity contribution in [2.75, 3.05) is 5.32 Å². The van der Waals surface area contributed by atoms with E-state index in [2.05, 4.69) is 42.2 Å². The first kappa shape index (κ1) is 14.2. The number of amides is 1. The zero-order valence-electron chi connectivity index (χ0n) is 9.18. The van der Waals surface area contributed by atoms with Crippen LogP contribution in [-0.4, -0.2) is 22.0 Å². The van der Waals surface area contributed by atoms with Crippen LogP contribution < -0.4 is 5.32 Å². The molecule has 8 heteroatoms. The Morgan fingerprint density at radius 2 is 2.05 bits per heavy atom. The number of carbonyl (C=O) groups is 2. The molecule has 0 atom stereocenters. The van der Waals surface area contributed by atoms with Crippen molar-refractivity contribution in [2.45, 2.75) is 0 Å². The molecule has 2 aromatic rings. The number of carboxylic acids is 1. The van der Waals surface area contributed by atoms with E-state index in [1.807, 2.05) is 6.07 Å². The summed E-state index contributed by atoms with van der Waals surface area (Å²) >= 11 is 7.45. The van der Waals surface area contributed by atoms with Gasteiger partial charge in [0.15, 0.2) is 0 Å². The summed E-state index contributed by atoms with van der Waals surface area (Å²) in [5.41, 5.74) is 0.588. The van der Waals surface area contributed by atoms with Crippen LogP contribution in [0.5, 0.6) is 0 Å². The maximum atomic E-state index is 11.9. The Morgan fingerprint density at radius 3 is 2.68 bits per heavy atom. The monoisotopic (exact) mass is 404 g/mol. The Bertz CT molecular complexity index is 657. The van der Waals surface area contributed by atoms with E-state index in [9.17, 15) is 9.59 Å². The highest BCUT2D eigenvalue weighted by Gasteiger charge is 2.15. The van der Waals surface area contributed by atoms with Gasteiger partial charge in [0, 0.05) is 8.95 Å². The number of carboxylic acid groups (broad SMARTS) is 1. The molecule has 0 aliphatic rings. The van der Waals surface area contributed by atoms with E-state index in [4.69, 9.17) is 5.11 Å². The molecule has 1 aromatic heterocycles. The molecule has 0 saturated heterocycles. The topological polar surface area (TPSA) is 79.3 Å². The molecular weight excluding hydrogens is 400 g/mol. The van der Waals surface area contributed by atoms with Crippen LogP contribution >= 0.6 is 43.2 Å². The average molecular weight is 406 g/mol. The molecule has 2 N–H and O–H groups in total. The van der Waals surface area contributed by atoms with Crippen molar-refractivity contribution in [3.63, 3.8) is 0 Å². The van der Waals surface area contributed by atoms with E-state index in [1.165, 1.54) is 6.20 Å². The number of carbonyl (C=O) groups excluding carboxylic acids is 1. The van der Waals surface area contributed by atoms with Gasteiger partial charge in [0.2, 0.25) is 5.01 Å². The number of hydrogen-bond donors (Lipinski definition) is 2. The summed E-state index contributed by atoms with van der Waals surface area (Å²) < 4.78 is 1.55. The maximum Gasteiger partial charge on any atom is 0.365 e. The van der Waals surface area contributed by atoms with Crippen LogP contribution in [0.2, 0.25) is 0 Å². The third kappa shape index (κ3) is 3.40. The number of nitrogens with zero attached hydrogens (tertiary/aromatic N) is 1. The van der Waals surface area contributed by atoms with Crippen molar-refractivity contribution in [1.82, 2.24) is 4.98 Å². The van der Waals surface area contributed by atoms with Crippen LogP contribution in [0.1, 0.15) is 19.5 Å². The van der Waals surface area contributed by atoms with Gasteiger partial charge < -0.3 is 10.4 Å². The fourth-order valence-electron chi connectivity index (χ4n) is 1.26. The molecular formula is C11H6Br2N2O3S. The highest BCUT2D eigenvalue weighted by molar-refractivity contribution is 9.11. The van der Waals surface area contributed by atoms with Crippen LogP contribution in [0.4, 0.5) is 5.69 Å². The second-order valence-electron chi connectivity index (χ2n) is 3.41. The van der Waals surface area contributed by atoms with Gasteiger partial charge in [-0.1, -0.05) is 15.9 Å². The van der Waals surface area contributed by atoms with Crippen molar-refractivity contribution < 1.29 is 14.7 Å². The van der Waals surface area contributed by atoms with Crippen LogP contribution in [0.3, 0.4) is 0 Å². The van der Waals surface area contributed by atoms with Gasteiger partial charge in [0.05, 0.1) is 11.9 Å². The molecule has 0 aliphatic heterocycles. The summed E-state index contributed by atoms with van der Waals surface area (Å²) in [5.74, 6) is -1.54. The first-order valence-corrected chi connectivity index (χ1v) is 7.33. The van der Waals surface area contributed by atoms with Gasteiger partial charge in [-0.25, -0.2) is 9.78 Å². The van der Waals surface area contributed by atoms with Crippen LogP contribution in [0.25, 0.3) is 0 Å². The van der Waals surface area contributed by atoms with Gasteiger partial charge >= 0.3 is 5.97 Å². The number of aromatic nitrogens is 1. The number of nitrogens with one attached hydrogen (secondary N) is 1. The second kappa shape index (κ2) is 5.81. The zero-order valence-corrected chi connectivity index (χ0v) is 13.2. The van der Waals surface area contributed by atoms with E-state index in [0.717, 1.165) is 20.3 Å². The van der Waals surface area contributed by atoms with Crippen LogP contribution in [-0.2, 0) is 0 Å². The van der Waals surface area contributed by atoms with Gasteiger partial charge in [0.25, 0.3) is 5.91 Å². The van der Waals surface area contributed by atoms with Crippen molar-refractivity contribution in [3.8, 4) is 0 Å².